The maximum absolute atomic E-state index is 15.2. The number of nitrogens with zero attached hydrogens (tertiary/aromatic N) is 2. The van der Waals surface area contributed by atoms with Crippen molar-refractivity contribution in [3.63, 3.8) is 0 Å². The van der Waals surface area contributed by atoms with Crippen LogP contribution in [0.5, 0.6) is 0 Å². The van der Waals surface area contributed by atoms with E-state index in [9.17, 15) is 14.7 Å². The molecule has 5 rings (SSSR count). The zero-order valence-electron chi connectivity index (χ0n) is 15.9. The lowest BCUT2D eigenvalue weighted by atomic mass is 9.97. The molecule has 0 amide bonds. The molecule has 0 aromatic carbocycles. The van der Waals surface area contributed by atoms with Crippen LogP contribution in [-0.4, -0.2) is 34.1 Å². The number of carboxylic acids is 1. The number of aromatic carboxylic acids is 1. The summed E-state index contributed by atoms with van der Waals surface area (Å²) in [6, 6.07) is 1.50. The number of carboxylic acid groups (broad SMARTS) is 1. The Kier molecular flexibility index (Phi) is 3.66. The van der Waals surface area contributed by atoms with Crippen molar-refractivity contribution in [2.75, 3.05) is 18.0 Å². The molecule has 2 saturated carbocycles. The second-order valence-electron chi connectivity index (χ2n) is 8.73. The van der Waals surface area contributed by atoms with Gasteiger partial charge in [0.05, 0.1) is 17.4 Å². The van der Waals surface area contributed by atoms with E-state index in [1.165, 1.54) is 16.7 Å². The van der Waals surface area contributed by atoms with Crippen molar-refractivity contribution in [2.24, 2.45) is 11.7 Å². The maximum atomic E-state index is 15.2. The number of aromatic nitrogens is 1. The molecular formula is C21H24FN3O3. The Morgan fingerprint density at radius 3 is 2.64 bits per heavy atom. The average molecular weight is 385 g/mol. The highest BCUT2D eigenvalue weighted by atomic mass is 19.1. The van der Waals surface area contributed by atoms with Gasteiger partial charge < -0.3 is 15.7 Å². The molecule has 1 aliphatic heterocycles. The Hall–Kier alpha value is -2.41. The van der Waals surface area contributed by atoms with Crippen LogP contribution < -0.4 is 16.2 Å². The Morgan fingerprint density at radius 2 is 2.04 bits per heavy atom. The highest BCUT2D eigenvalue weighted by Crippen LogP contribution is 2.46. The molecule has 0 radical (unpaired) electrons. The van der Waals surface area contributed by atoms with Gasteiger partial charge in [-0.1, -0.05) is 0 Å². The third-order valence-corrected chi connectivity index (χ3v) is 6.83. The van der Waals surface area contributed by atoms with Crippen LogP contribution in [0.3, 0.4) is 0 Å². The summed E-state index contributed by atoms with van der Waals surface area (Å²) in [6.07, 6.45) is 6.09. The first kappa shape index (κ1) is 17.7. The number of nitrogens with two attached hydrogens (primary N) is 1. The van der Waals surface area contributed by atoms with E-state index in [0.717, 1.165) is 50.8 Å². The summed E-state index contributed by atoms with van der Waals surface area (Å²) >= 11 is 0. The van der Waals surface area contributed by atoms with E-state index in [0.29, 0.717) is 22.7 Å². The standard InChI is InChI=1S/C21H24FN3O3/c1-11-17-14(12-2-3-12)8-15(20(27)28)19(26)25(17)10-16(22)18(11)24-7-4-13(9-24)21(23)5-6-21/h8,10,12-13H,2-7,9,23H2,1H3,(H,27,28)/t13-/m1/s1. The highest BCUT2D eigenvalue weighted by Gasteiger charge is 2.48. The molecule has 1 saturated heterocycles. The average Bonchev–Trinajstić information content (AvgIpc) is 3.56. The number of aryl methyl sites for hydroxylation is 1. The molecule has 0 bridgehead atoms. The molecule has 3 N–H and O–H groups in total. The second-order valence-corrected chi connectivity index (χ2v) is 8.73. The van der Waals surface area contributed by atoms with Crippen molar-refractivity contribution < 1.29 is 14.3 Å². The van der Waals surface area contributed by atoms with E-state index in [-0.39, 0.29) is 17.0 Å². The topological polar surface area (TPSA) is 88.0 Å². The molecule has 3 fully saturated rings. The molecule has 0 spiro atoms. The molecule has 3 aliphatic rings. The van der Waals surface area contributed by atoms with Gasteiger partial charge in [0, 0.05) is 18.6 Å². The van der Waals surface area contributed by atoms with Crippen LogP contribution in [0.1, 0.15) is 59.5 Å². The first-order valence-corrected chi connectivity index (χ1v) is 9.95. The van der Waals surface area contributed by atoms with Crippen molar-refractivity contribution in [3.8, 4) is 0 Å². The zero-order valence-corrected chi connectivity index (χ0v) is 15.9. The van der Waals surface area contributed by atoms with Gasteiger partial charge in [-0.3, -0.25) is 9.20 Å². The molecule has 2 aromatic heterocycles. The fourth-order valence-corrected chi connectivity index (χ4v) is 4.87. The van der Waals surface area contributed by atoms with Crippen molar-refractivity contribution in [1.82, 2.24) is 4.40 Å². The van der Waals surface area contributed by atoms with E-state index in [1.54, 1.807) is 0 Å². The minimum Gasteiger partial charge on any atom is -0.477 e. The minimum absolute atomic E-state index is 0.0948. The van der Waals surface area contributed by atoms with E-state index >= 15 is 4.39 Å². The molecule has 7 heteroatoms. The van der Waals surface area contributed by atoms with Gasteiger partial charge in [-0.2, -0.15) is 0 Å². The molecule has 0 unspecified atom stereocenters. The molecule has 2 aliphatic carbocycles. The summed E-state index contributed by atoms with van der Waals surface area (Å²) in [4.78, 5) is 26.2. The van der Waals surface area contributed by atoms with E-state index in [2.05, 4.69) is 4.90 Å². The van der Waals surface area contributed by atoms with Crippen molar-refractivity contribution in [2.45, 2.75) is 50.5 Å². The number of anilines is 1. The Labute approximate surface area is 161 Å². The fraction of sp³-hybridized carbons (Fsp3) is 0.524. The van der Waals surface area contributed by atoms with Crippen LogP contribution in [0.15, 0.2) is 17.1 Å². The summed E-state index contributed by atoms with van der Waals surface area (Å²) in [5.74, 6) is -1.17. The lowest BCUT2D eigenvalue weighted by Gasteiger charge is -2.25. The number of carbonyl (C=O) groups is 1. The molecule has 3 heterocycles. The summed E-state index contributed by atoms with van der Waals surface area (Å²) in [5, 5.41) is 9.40. The summed E-state index contributed by atoms with van der Waals surface area (Å²) in [5.41, 5.74) is 8.02. The number of halogens is 1. The van der Waals surface area contributed by atoms with Gasteiger partial charge >= 0.3 is 5.97 Å². The largest absolute Gasteiger partial charge is 0.477 e. The molecule has 2 aromatic rings. The van der Waals surface area contributed by atoms with Crippen molar-refractivity contribution in [3.05, 3.63) is 45.1 Å². The monoisotopic (exact) mass is 385 g/mol. The first-order valence-electron chi connectivity index (χ1n) is 9.95. The number of rotatable bonds is 4. The zero-order chi connectivity index (χ0) is 19.8. The van der Waals surface area contributed by atoms with E-state index < -0.39 is 17.3 Å². The number of pyridine rings is 2. The van der Waals surface area contributed by atoms with Gasteiger partial charge in [-0.25, -0.2) is 9.18 Å². The summed E-state index contributed by atoms with van der Waals surface area (Å²) in [7, 11) is 0. The fourth-order valence-electron chi connectivity index (χ4n) is 4.87. The number of hydrogen-bond donors (Lipinski definition) is 2. The predicted molar refractivity (Wildman–Crippen MR) is 104 cm³/mol. The first-order chi connectivity index (χ1) is 13.3. The molecular weight excluding hydrogens is 361 g/mol. The second kappa shape index (κ2) is 5.80. The molecule has 6 nitrogen and oxygen atoms in total. The highest BCUT2D eigenvalue weighted by molar-refractivity contribution is 5.89. The Morgan fingerprint density at radius 1 is 1.32 bits per heavy atom. The quantitative estimate of drug-likeness (QED) is 0.845. The lowest BCUT2D eigenvalue weighted by molar-refractivity contribution is 0.0694. The van der Waals surface area contributed by atoms with Crippen LogP contribution in [0, 0.1) is 18.7 Å². The molecule has 148 valence electrons. The van der Waals surface area contributed by atoms with E-state index in [1.807, 2.05) is 6.92 Å². The third kappa shape index (κ3) is 2.56. The van der Waals surface area contributed by atoms with Gasteiger partial charge in [0.1, 0.15) is 5.56 Å². The van der Waals surface area contributed by atoms with Gasteiger partial charge in [-0.05, 0) is 68.1 Å². The normalized spacial score (nSPS) is 23.4. The SMILES string of the molecule is Cc1c(N2CC[C@@H](C3(N)CC3)C2)c(F)cn2c(=O)c(C(=O)O)cc(C3CC3)c12. The van der Waals surface area contributed by atoms with E-state index in [4.69, 9.17) is 5.73 Å². The predicted octanol–water partition coefficient (Wildman–Crippen LogP) is 2.64. The van der Waals surface area contributed by atoms with Gasteiger partial charge in [-0.15, -0.1) is 0 Å². The van der Waals surface area contributed by atoms with Crippen LogP contribution in [-0.2, 0) is 0 Å². The van der Waals surface area contributed by atoms with Gasteiger partial charge in [0.25, 0.3) is 5.56 Å². The number of hydrogen-bond acceptors (Lipinski definition) is 4. The van der Waals surface area contributed by atoms with Crippen LogP contribution in [0.4, 0.5) is 10.1 Å². The summed E-state index contributed by atoms with van der Waals surface area (Å²) in [6.45, 7) is 3.30. The van der Waals surface area contributed by atoms with Crippen LogP contribution in [0.2, 0.25) is 0 Å². The van der Waals surface area contributed by atoms with Crippen LogP contribution in [0.25, 0.3) is 5.52 Å². The number of fused-ring (bicyclic) bond motifs is 1. The minimum atomic E-state index is -1.27. The van der Waals surface area contributed by atoms with Gasteiger partial charge in [0.2, 0.25) is 0 Å². The van der Waals surface area contributed by atoms with Crippen molar-refractivity contribution >= 4 is 17.2 Å². The summed E-state index contributed by atoms with van der Waals surface area (Å²) < 4.78 is 16.4. The maximum Gasteiger partial charge on any atom is 0.341 e. The van der Waals surface area contributed by atoms with Crippen molar-refractivity contribution in [1.29, 1.82) is 0 Å². The van der Waals surface area contributed by atoms with Crippen LogP contribution >= 0.6 is 0 Å². The third-order valence-electron chi connectivity index (χ3n) is 6.83. The lowest BCUT2D eigenvalue weighted by Crippen LogP contribution is -2.35. The molecule has 28 heavy (non-hydrogen) atoms. The smallest absolute Gasteiger partial charge is 0.341 e. The van der Waals surface area contributed by atoms with Gasteiger partial charge in [0.15, 0.2) is 5.82 Å². The molecule has 1 atom stereocenters. The Bertz CT molecular complexity index is 1070. The Balaban J connectivity index is 1.68.